The summed E-state index contributed by atoms with van der Waals surface area (Å²) >= 11 is 0. The number of hydrogen-bond donors (Lipinski definition) is 1. The molecule has 1 atom stereocenters. The number of nitrogens with zero attached hydrogens (tertiary/aromatic N) is 2. The van der Waals surface area contributed by atoms with E-state index >= 15 is 0 Å². The Bertz CT molecular complexity index is 474. The standard InChI is InChI=1S/C12H20N2O4S/c1-10(9-13)19(17,18)14(2)12(8-11(15)16)6-4-3-5-7-12/h10H,3-8H2,1-2H3,(H,15,16). The SMILES string of the molecule is CC(C#N)S(=O)(=O)N(C)C1(CC(=O)O)CCCCC1. The summed E-state index contributed by atoms with van der Waals surface area (Å²) in [6.07, 6.45) is 3.48. The van der Waals surface area contributed by atoms with E-state index in [9.17, 15) is 13.2 Å². The minimum Gasteiger partial charge on any atom is -0.481 e. The molecule has 1 aliphatic rings. The number of carboxylic acids is 1. The zero-order valence-electron chi connectivity index (χ0n) is 11.3. The zero-order chi connectivity index (χ0) is 14.7. The molecule has 0 spiro atoms. The fourth-order valence-electron chi connectivity index (χ4n) is 2.67. The van der Waals surface area contributed by atoms with E-state index in [1.165, 1.54) is 14.0 Å². The van der Waals surface area contributed by atoms with E-state index in [0.717, 1.165) is 23.6 Å². The van der Waals surface area contributed by atoms with Crippen LogP contribution in [0.25, 0.3) is 0 Å². The minimum atomic E-state index is -3.78. The number of hydrogen-bond acceptors (Lipinski definition) is 4. The van der Waals surface area contributed by atoms with Crippen molar-refractivity contribution < 1.29 is 18.3 Å². The average molecular weight is 288 g/mol. The third kappa shape index (κ3) is 3.25. The molecule has 0 aromatic heterocycles. The Balaban J connectivity index is 3.11. The van der Waals surface area contributed by atoms with Crippen LogP contribution in [-0.2, 0) is 14.8 Å². The second-order valence-corrected chi connectivity index (χ2v) is 7.42. The molecule has 0 radical (unpaired) electrons. The summed E-state index contributed by atoms with van der Waals surface area (Å²) in [5.41, 5.74) is -0.881. The van der Waals surface area contributed by atoms with Gasteiger partial charge in [0.25, 0.3) is 0 Å². The summed E-state index contributed by atoms with van der Waals surface area (Å²) in [6, 6.07) is 1.72. The van der Waals surface area contributed by atoms with Crippen molar-refractivity contribution >= 4 is 16.0 Å². The van der Waals surface area contributed by atoms with Gasteiger partial charge in [0, 0.05) is 12.6 Å². The summed E-state index contributed by atoms with van der Waals surface area (Å²) in [4.78, 5) is 11.1. The Morgan fingerprint density at radius 2 is 1.95 bits per heavy atom. The maximum Gasteiger partial charge on any atom is 0.305 e. The van der Waals surface area contributed by atoms with Crippen molar-refractivity contribution in [3.05, 3.63) is 0 Å². The van der Waals surface area contributed by atoms with E-state index in [1.807, 2.05) is 0 Å². The lowest BCUT2D eigenvalue weighted by molar-refractivity contribution is -0.140. The molecule has 0 bridgehead atoms. The van der Waals surface area contributed by atoms with Gasteiger partial charge in [-0.3, -0.25) is 4.79 Å². The van der Waals surface area contributed by atoms with Gasteiger partial charge >= 0.3 is 5.97 Å². The fraction of sp³-hybridized carbons (Fsp3) is 0.833. The molecule has 1 rings (SSSR count). The highest BCUT2D eigenvalue weighted by molar-refractivity contribution is 7.90. The molecule has 19 heavy (non-hydrogen) atoms. The van der Waals surface area contributed by atoms with Crippen LogP contribution in [0.1, 0.15) is 45.4 Å². The smallest absolute Gasteiger partial charge is 0.305 e. The van der Waals surface area contributed by atoms with E-state index in [1.54, 1.807) is 6.07 Å². The topological polar surface area (TPSA) is 98.5 Å². The molecule has 0 heterocycles. The van der Waals surface area contributed by atoms with Crippen LogP contribution in [0, 0.1) is 11.3 Å². The largest absolute Gasteiger partial charge is 0.481 e. The molecule has 1 N–H and O–H groups in total. The molecule has 1 saturated carbocycles. The lowest BCUT2D eigenvalue weighted by Crippen LogP contribution is -2.53. The van der Waals surface area contributed by atoms with Crippen LogP contribution in [0.3, 0.4) is 0 Å². The van der Waals surface area contributed by atoms with Crippen LogP contribution in [-0.4, -0.2) is 41.6 Å². The van der Waals surface area contributed by atoms with Gasteiger partial charge in [0.2, 0.25) is 10.0 Å². The molecule has 7 heteroatoms. The molecule has 1 fully saturated rings. The highest BCUT2D eigenvalue weighted by atomic mass is 32.2. The Labute approximate surface area is 114 Å². The first-order valence-corrected chi connectivity index (χ1v) is 7.86. The van der Waals surface area contributed by atoms with Gasteiger partial charge in [-0.15, -0.1) is 0 Å². The predicted molar refractivity (Wildman–Crippen MR) is 69.8 cm³/mol. The molecule has 0 aromatic rings. The van der Waals surface area contributed by atoms with E-state index < -0.39 is 26.8 Å². The number of carbonyl (C=O) groups is 1. The van der Waals surface area contributed by atoms with Gasteiger partial charge in [0.15, 0.2) is 5.25 Å². The van der Waals surface area contributed by atoms with Gasteiger partial charge in [-0.1, -0.05) is 19.3 Å². The van der Waals surface area contributed by atoms with Gasteiger partial charge in [-0.2, -0.15) is 9.57 Å². The van der Waals surface area contributed by atoms with Gasteiger partial charge in [0.1, 0.15) is 0 Å². The summed E-state index contributed by atoms with van der Waals surface area (Å²) in [6.45, 7) is 1.32. The Kier molecular flexibility index (Phi) is 4.93. The molecule has 1 unspecified atom stereocenters. The van der Waals surface area contributed by atoms with Crippen molar-refractivity contribution in [1.82, 2.24) is 4.31 Å². The lowest BCUT2D eigenvalue weighted by atomic mass is 9.79. The lowest BCUT2D eigenvalue weighted by Gasteiger charge is -2.43. The molecular weight excluding hydrogens is 268 g/mol. The normalized spacial score (nSPS) is 20.7. The summed E-state index contributed by atoms with van der Waals surface area (Å²) in [5, 5.41) is 16.7. The second kappa shape index (κ2) is 5.88. The van der Waals surface area contributed by atoms with Gasteiger partial charge < -0.3 is 5.11 Å². The summed E-state index contributed by atoms with van der Waals surface area (Å²) in [5.74, 6) is -1.01. The molecule has 0 aromatic carbocycles. The van der Waals surface area contributed by atoms with Crippen molar-refractivity contribution in [2.24, 2.45) is 0 Å². The zero-order valence-corrected chi connectivity index (χ0v) is 12.1. The fourth-order valence-corrected chi connectivity index (χ4v) is 4.06. The van der Waals surface area contributed by atoms with E-state index in [2.05, 4.69) is 0 Å². The molecule has 1 aliphatic carbocycles. The molecule has 0 aliphatic heterocycles. The maximum absolute atomic E-state index is 12.3. The number of carboxylic acid groups (broad SMARTS) is 1. The molecular formula is C12H20N2O4S. The van der Waals surface area contributed by atoms with Crippen LogP contribution in [0.15, 0.2) is 0 Å². The maximum atomic E-state index is 12.3. The number of aliphatic carboxylic acids is 1. The Hall–Kier alpha value is -1.13. The van der Waals surface area contributed by atoms with Gasteiger partial charge in [-0.25, -0.2) is 8.42 Å². The molecule has 6 nitrogen and oxygen atoms in total. The summed E-state index contributed by atoms with van der Waals surface area (Å²) in [7, 11) is -2.38. The van der Waals surface area contributed by atoms with Crippen LogP contribution in [0.5, 0.6) is 0 Å². The quantitative estimate of drug-likeness (QED) is 0.823. The van der Waals surface area contributed by atoms with Crippen LogP contribution < -0.4 is 0 Å². The van der Waals surface area contributed by atoms with E-state index in [-0.39, 0.29) is 6.42 Å². The first-order chi connectivity index (χ1) is 8.76. The number of rotatable bonds is 5. The first-order valence-electron chi connectivity index (χ1n) is 6.35. The highest BCUT2D eigenvalue weighted by Gasteiger charge is 2.45. The van der Waals surface area contributed by atoms with E-state index in [4.69, 9.17) is 10.4 Å². The molecule has 0 amide bonds. The third-order valence-corrected chi connectivity index (χ3v) is 6.09. The first kappa shape index (κ1) is 15.9. The van der Waals surface area contributed by atoms with Crippen LogP contribution in [0.2, 0.25) is 0 Å². The molecule has 108 valence electrons. The monoisotopic (exact) mass is 288 g/mol. The van der Waals surface area contributed by atoms with Crippen molar-refractivity contribution in [2.45, 2.75) is 56.2 Å². The average Bonchev–Trinajstić information content (AvgIpc) is 2.37. The van der Waals surface area contributed by atoms with Crippen molar-refractivity contribution in [3.8, 4) is 6.07 Å². The number of nitriles is 1. The summed E-state index contributed by atoms with van der Waals surface area (Å²) < 4.78 is 25.7. The van der Waals surface area contributed by atoms with Gasteiger partial charge in [0.05, 0.1) is 12.5 Å². The Morgan fingerprint density at radius 1 is 1.42 bits per heavy atom. The van der Waals surface area contributed by atoms with Crippen LogP contribution in [0.4, 0.5) is 0 Å². The van der Waals surface area contributed by atoms with Gasteiger partial charge in [-0.05, 0) is 19.8 Å². The third-order valence-electron chi connectivity index (χ3n) is 3.94. The number of sulfonamides is 1. The van der Waals surface area contributed by atoms with Crippen molar-refractivity contribution in [1.29, 1.82) is 5.26 Å². The Morgan fingerprint density at radius 3 is 2.37 bits per heavy atom. The van der Waals surface area contributed by atoms with E-state index in [0.29, 0.717) is 12.8 Å². The predicted octanol–water partition coefficient (Wildman–Crippen LogP) is 1.34. The highest BCUT2D eigenvalue weighted by Crippen LogP contribution is 2.38. The van der Waals surface area contributed by atoms with Crippen LogP contribution >= 0.6 is 0 Å². The second-order valence-electron chi connectivity index (χ2n) is 5.14. The van der Waals surface area contributed by atoms with Crippen molar-refractivity contribution in [3.63, 3.8) is 0 Å². The molecule has 0 saturated heterocycles. The van der Waals surface area contributed by atoms with Crippen molar-refractivity contribution in [2.75, 3.05) is 7.05 Å². The minimum absolute atomic E-state index is 0.207.